The van der Waals surface area contributed by atoms with Crippen molar-refractivity contribution in [2.45, 2.75) is 65.2 Å². The number of rotatable bonds is 12. The smallest absolute Gasteiger partial charge is 0.267 e. The summed E-state index contributed by atoms with van der Waals surface area (Å²) in [5, 5.41) is 11.8. The number of hydrogen-bond donors (Lipinski definition) is 0. The monoisotopic (exact) mass is 278 g/mol. The third-order valence-corrected chi connectivity index (χ3v) is 2.28. The van der Waals surface area contributed by atoms with E-state index < -0.39 is 11.9 Å². The van der Waals surface area contributed by atoms with E-state index in [1.807, 2.05) is 13.8 Å². The van der Waals surface area contributed by atoms with Crippen LogP contribution in [-0.4, -0.2) is 11.9 Å². The third-order valence-electron chi connectivity index (χ3n) is 2.28. The molecule has 0 aliphatic carbocycles. The van der Waals surface area contributed by atoms with Crippen molar-refractivity contribution in [3.05, 3.63) is 0 Å². The highest BCUT2D eigenvalue weighted by Crippen LogP contribution is 2.02. The molecular formula is C12H22O7. The van der Waals surface area contributed by atoms with Gasteiger partial charge in [0.2, 0.25) is 0 Å². The third kappa shape index (κ3) is 13.1. The lowest BCUT2D eigenvalue weighted by atomic mass is 10.2. The Morgan fingerprint density at radius 3 is 1.47 bits per heavy atom. The fourth-order valence-corrected chi connectivity index (χ4v) is 1.24. The topological polar surface area (TPSA) is 80.3 Å². The molecule has 0 amide bonds. The van der Waals surface area contributed by atoms with Gasteiger partial charge < -0.3 is 0 Å². The molecule has 0 heterocycles. The summed E-state index contributed by atoms with van der Waals surface area (Å²) in [7, 11) is 0. The quantitative estimate of drug-likeness (QED) is 0.308. The number of carbonyl (C=O) groups is 2. The van der Waals surface area contributed by atoms with Crippen LogP contribution in [0.2, 0.25) is 0 Å². The summed E-state index contributed by atoms with van der Waals surface area (Å²) < 4.78 is 0. The van der Waals surface area contributed by atoms with Crippen LogP contribution in [0, 0.1) is 0 Å². The molecule has 0 aromatic rings. The Balaban J connectivity index is 3.29. The van der Waals surface area contributed by atoms with Crippen LogP contribution in [0.1, 0.15) is 65.2 Å². The summed E-state index contributed by atoms with van der Waals surface area (Å²) in [4.78, 5) is 30.4. The van der Waals surface area contributed by atoms with Crippen LogP contribution in [0.25, 0.3) is 0 Å². The Morgan fingerprint density at radius 2 is 1.11 bits per heavy atom. The highest BCUT2D eigenvalue weighted by molar-refractivity contribution is 5.68. The molecule has 0 saturated carbocycles. The number of carbonyl (C=O) groups excluding carboxylic acids is 2. The van der Waals surface area contributed by atoms with Crippen LogP contribution in [0.3, 0.4) is 0 Å². The van der Waals surface area contributed by atoms with E-state index in [-0.39, 0.29) is 12.8 Å². The minimum Gasteiger partial charge on any atom is -0.267 e. The molecular weight excluding hydrogens is 256 g/mol. The van der Waals surface area contributed by atoms with E-state index in [0.29, 0.717) is 12.8 Å². The van der Waals surface area contributed by atoms with Gasteiger partial charge in [-0.2, -0.15) is 0 Å². The van der Waals surface area contributed by atoms with Crippen molar-refractivity contribution in [2.75, 3.05) is 0 Å². The predicted octanol–water partition coefficient (Wildman–Crippen LogP) is 2.94. The molecule has 112 valence electrons. The maximum absolute atomic E-state index is 11.0. The van der Waals surface area contributed by atoms with E-state index in [1.54, 1.807) is 0 Å². The maximum atomic E-state index is 11.0. The van der Waals surface area contributed by atoms with Gasteiger partial charge in [0.15, 0.2) is 0 Å². The van der Waals surface area contributed by atoms with Crippen LogP contribution in [0.5, 0.6) is 0 Å². The van der Waals surface area contributed by atoms with Gasteiger partial charge in [0.25, 0.3) is 0 Å². The van der Waals surface area contributed by atoms with E-state index in [4.69, 9.17) is 0 Å². The molecule has 0 radical (unpaired) electrons. The normalized spacial score (nSPS) is 10.2. The highest BCUT2D eigenvalue weighted by atomic mass is 17.8. The van der Waals surface area contributed by atoms with Crippen LogP contribution in [-0.2, 0) is 34.5 Å². The largest absolute Gasteiger partial charge is 0.345 e. The van der Waals surface area contributed by atoms with Gasteiger partial charge in [0.05, 0.1) is 0 Å². The Kier molecular flexibility index (Phi) is 12.4. The molecule has 7 heteroatoms. The van der Waals surface area contributed by atoms with Crippen LogP contribution >= 0.6 is 0 Å². The summed E-state index contributed by atoms with van der Waals surface area (Å²) in [6, 6.07) is 0. The van der Waals surface area contributed by atoms with Crippen molar-refractivity contribution >= 4 is 11.9 Å². The van der Waals surface area contributed by atoms with Crippen molar-refractivity contribution in [2.24, 2.45) is 0 Å². The van der Waals surface area contributed by atoms with Gasteiger partial charge in [-0.05, 0) is 12.8 Å². The summed E-state index contributed by atoms with van der Waals surface area (Å²) >= 11 is 0. The molecule has 0 aliphatic heterocycles. The summed E-state index contributed by atoms with van der Waals surface area (Å²) in [5.41, 5.74) is 0. The van der Waals surface area contributed by atoms with E-state index in [9.17, 15) is 9.59 Å². The summed E-state index contributed by atoms with van der Waals surface area (Å²) in [6.07, 6.45) is 5.76. The zero-order chi connectivity index (χ0) is 14.3. The standard InChI is InChI=1S/C12H22O7/c1-3-5-7-9-11(13)15-17-19-18-16-12(14)10-8-6-4-2/h3-10H2,1-2H3. The molecule has 0 aromatic carbocycles. The predicted molar refractivity (Wildman–Crippen MR) is 63.7 cm³/mol. The maximum Gasteiger partial charge on any atom is 0.345 e. The Labute approximate surface area is 112 Å². The summed E-state index contributed by atoms with van der Waals surface area (Å²) in [5.74, 6) is -1.15. The van der Waals surface area contributed by atoms with Gasteiger partial charge in [-0.1, -0.05) is 39.5 Å². The number of unbranched alkanes of at least 4 members (excludes halogenated alkanes) is 4. The molecule has 19 heavy (non-hydrogen) atoms. The lowest BCUT2D eigenvalue weighted by Gasteiger charge is -2.01. The van der Waals surface area contributed by atoms with E-state index in [2.05, 4.69) is 24.9 Å². The van der Waals surface area contributed by atoms with Gasteiger partial charge in [-0.3, -0.25) is 9.78 Å². The van der Waals surface area contributed by atoms with Crippen LogP contribution in [0.15, 0.2) is 0 Å². The molecule has 0 rings (SSSR count). The zero-order valence-electron chi connectivity index (χ0n) is 11.5. The first-order chi connectivity index (χ1) is 9.20. The number of hydrogen-bond acceptors (Lipinski definition) is 7. The first kappa shape index (κ1) is 17.8. The average Bonchev–Trinajstić information content (AvgIpc) is 2.39. The average molecular weight is 278 g/mol. The lowest BCUT2D eigenvalue weighted by Crippen LogP contribution is -2.09. The molecule has 0 saturated heterocycles. The van der Waals surface area contributed by atoms with Crippen LogP contribution in [0.4, 0.5) is 0 Å². The van der Waals surface area contributed by atoms with Crippen molar-refractivity contribution in [1.29, 1.82) is 0 Å². The van der Waals surface area contributed by atoms with Crippen molar-refractivity contribution in [1.82, 2.24) is 0 Å². The second kappa shape index (κ2) is 13.3. The molecule has 0 N–H and O–H groups in total. The summed E-state index contributed by atoms with van der Waals surface area (Å²) in [6.45, 7) is 4.04. The van der Waals surface area contributed by atoms with Gasteiger partial charge in [-0.15, -0.1) is 0 Å². The SMILES string of the molecule is CCCCCC(=O)OOOOOC(=O)CCCCC. The second-order valence-corrected chi connectivity index (χ2v) is 4.03. The molecule has 0 bridgehead atoms. The van der Waals surface area contributed by atoms with Crippen molar-refractivity contribution in [3.8, 4) is 0 Å². The molecule has 7 nitrogen and oxygen atoms in total. The lowest BCUT2D eigenvalue weighted by molar-refractivity contribution is -0.686. The highest BCUT2D eigenvalue weighted by Gasteiger charge is 2.07. The Hall–Kier alpha value is -1.18. The molecule has 0 aliphatic rings. The molecule has 0 aromatic heterocycles. The van der Waals surface area contributed by atoms with Crippen molar-refractivity contribution in [3.63, 3.8) is 0 Å². The fourth-order valence-electron chi connectivity index (χ4n) is 1.24. The van der Waals surface area contributed by atoms with Gasteiger partial charge in [0, 0.05) is 28.0 Å². The van der Waals surface area contributed by atoms with E-state index in [0.717, 1.165) is 25.7 Å². The zero-order valence-corrected chi connectivity index (χ0v) is 11.5. The van der Waals surface area contributed by atoms with Crippen LogP contribution < -0.4 is 0 Å². The molecule has 0 fully saturated rings. The fraction of sp³-hybridized carbons (Fsp3) is 0.833. The minimum absolute atomic E-state index is 0.230. The second-order valence-electron chi connectivity index (χ2n) is 4.03. The van der Waals surface area contributed by atoms with Gasteiger partial charge >= 0.3 is 11.9 Å². The first-order valence-electron chi connectivity index (χ1n) is 6.60. The molecule has 0 spiro atoms. The van der Waals surface area contributed by atoms with E-state index in [1.165, 1.54) is 0 Å². The molecule has 0 unspecified atom stereocenters. The minimum atomic E-state index is -0.577. The van der Waals surface area contributed by atoms with Gasteiger partial charge in [-0.25, -0.2) is 9.59 Å². The molecule has 0 atom stereocenters. The first-order valence-corrected chi connectivity index (χ1v) is 6.60. The Morgan fingerprint density at radius 1 is 0.684 bits per heavy atom. The van der Waals surface area contributed by atoms with E-state index >= 15 is 0 Å². The Bertz CT molecular complexity index is 218. The van der Waals surface area contributed by atoms with Gasteiger partial charge in [0.1, 0.15) is 0 Å². The van der Waals surface area contributed by atoms with Crippen molar-refractivity contribution < 1.29 is 34.5 Å².